The van der Waals surface area contributed by atoms with E-state index in [2.05, 4.69) is 10.4 Å². The number of carbonyl (C=O) groups is 1. The zero-order valence-electron chi connectivity index (χ0n) is 14.7. The van der Waals surface area contributed by atoms with Crippen molar-refractivity contribution in [3.05, 3.63) is 65.2 Å². The monoisotopic (exact) mass is 417 g/mol. The number of nitrogens with one attached hydrogen (secondary N) is 1. The zero-order chi connectivity index (χ0) is 19.3. The molecule has 0 heterocycles. The molecule has 0 spiro atoms. The van der Waals surface area contributed by atoms with Gasteiger partial charge in [0, 0.05) is 16.1 Å². The maximum absolute atomic E-state index is 10.4. The molecule has 2 aromatic carbocycles. The van der Waals surface area contributed by atoms with Crippen LogP contribution in [-0.4, -0.2) is 16.9 Å². The number of hydrogen-bond donors (Lipinski definition) is 2. The molecule has 0 amide bonds. The molecule has 0 atom stereocenters. The van der Waals surface area contributed by atoms with Crippen LogP contribution in [0.15, 0.2) is 59.6 Å². The van der Waals surface area contributed by atoms with Crippen LogP contribution in [0.2, 0.25) is 5.02 Å². The first-order valence-electron chi connectivity index (χ1n) is 7.25. The number of hydrogen-bond acceptors (Lipinski definition) is 5. The summed E-state index contributed by atoms with van der Waals surface area (Å²) in [6.45, 7) is 6.02. The van der Waals surface area contributed by atoms with Crippen LogP contribution in [0.5, 0.6) is 0 Å². The lowest BCUT2D eigenvalue weighted by molar-refractivity contribution is 0.108. The van der Waals surface area contributed by atoms with Gasteiger partial charge in [-0.1, -0.05) is 41.9 Å². The lowest BCUT2D eigenvalue weighted by Gasteiger charge is -2.14. The van der Waals surface area contributed by atoms with E-state index < -0.39 is 5.24 Å². The van der Waals surface area contributed by atoms with E-state index in [1.165, 1.54) is 6.08 Å². The van der Waals surface area contributed by atoms with Gasteiger partial charge in [-0.15, -0.1) is 12.4 Å². The third-order valence-corrected chi connectivity index (χ3v) is 2.91. The van der Waals surface area contributed by atoms with Crippen LogP contribution in [0, 0.1) is 0 Å². The number of nitrogens with two attached hydrogens (primary N) is 1. The predicted molar refractivity (Wildman–Crippen MR) is 110 cm³/mol. The first kappa shape index (κ1) is 26.5. The van der Waals surface area contributed by atoms with Crippen LogP contribution < -0.4 is 11.3 Å². The average Bonchev–Trinajstić information content (AvgIpc) is 2.58. The highest BCUT2D eigenvalue weighted by atomic mass is 35.5. The maximum atomic E-state index is 10.4. The van der Waals surface area contributed by atoms with Crippen molar-refractivity contribution in [1.82, 2.24) is 5.43 Å². The van der Waals surface area contributed by atoms with E-state index in [4.69, 9.17) is 29.0 Å². The molecular weight excluding hydrogens is 397 g/mol. The average molecular weight is 419 g/mol. The van der Waals surface area contributed by atoms with Gasteiger partial charge in [0.1, 0.15) is 0 Å². The van der Waals surface area contributed by atoms with Crippen LogP contribution >= 0.6 is 35.6 Å². The molecule has 0 saturated heterocycles. The summed E-state index contributed by atoms with van der Waals surface area (Å²) in [6.07, 6.45) is 1.44. The molecule has 0 aromatic heterocycles. The second-order valence-electron chi connectivity index (χ2n) is 5.71. The van der Waals surface area contributed by atoms with E-state index in [0.29, 0.717) is 16.3 Å². The molecule has 0 unspecified atom stereocenters. The molecule has 2 aromatic rings. The molecule has 8 heteroatoms. The van der Waals surface area contributed by atoms with Gasteiger partial charge in [-0.25, -0.2) is 4.79 Å². The molecule has 0 bridgehead atoms. The summed E-state index contributed by atoms with van der Waals surface area (Å²) in [7, 11) is 0. The van der Waals surface area contributed by atoms with E-state index in [1.54, 1.807) is 48.5 Å². The predicted octanol–water partition coefficient (Wildman–Crippen LogP) is 5.04. The Morgan fingerprint density at radius 1 is 1.08 bits per heavy atom. The molecule has 3 N–H and O–H groups in total. The summed E-state index contributed by atoms with van der Waals surface area (Å²) < 4.78 is 0. The number of nitrogens with zero attached hydrogens (tertiary/aromatic N) is 1. The maximum Gasteiger partial charge on any atom is 0.252 e. The summed E-state index contributed by atoms with van der Waals surface area (Å²) in [5.74, 6) is 5.06. The number of halogens is 3. The molecule has 0 aliphatic rings. The van der Waals surface area contributed by atoms with Crippen molar-refractivity contribution >= 4 is 52.6 Å². The quantitative estimate of drug-likeness (QED) is 0.235. The zero-order valence-corrected chi connectivity index (χ0v) is 17.0. The van der Waals surface area contributed by atoms with Gasteiger partial charge in [0.2, 0.25) is 6.08 Å². The first-order valence-corrected chi connectivity index (χ1v) is 8.01. The number of carbonyl (C=O) groups excluding carboxylic acids is 2. The van der Waals surface area contributed by atoms with Crippen LogP contribution in [0.1, 0.15) is 31.1 Å². The van der Waals surface area contributed by atoms with Crippen molar-refractivity contribution in [2.24, 2.45) is 10.8 Å². The number of benzene rings is 2. The van der Waals surface area contributed by atoms with Crippen LogP contribution in [0.3, 0.4) is 0 Å². The smallest absolute Gasteiger partial charge is 0.252 e. The van der Waals surface area contributed by atoms with Crippen LogP contribution in [0.4, 0.5) is 5.69 Å². The Bertz CT molecular complexity index is 681. The minimum Gasteiger partial charge on any atom is -0.276 e. The molecule has 142 valence electrons. The summed E-state index contributed by atoms with van der Waals surface area (Å²) in [5.41, 5.74) is 3.78. The van der Waals surface area contributed by atoms with Crippen molar-refractivity contribution in [1.29, 1.82) is 0 Å². The fourth-order valence-corrected chi connectivity index (χ4v) is 1.39. The Hall–Kier alpha value is -1.72. The molecule has 5 nitrogen and oxygen atoms in total. The number of rotatable bonds is 2. The second-order valence-corrected chi connectivity index (χ2v) is 6.49. The van der Waals surface area contributed by atoms with E-state index in [1.807, 2.05) is 26.8 Å². The van der Waals surface area contributed by atoms with Gasteiger partial charge in [0.05, 0.1) is 5.69 Å². The summed E-state index contributed by atoms with van der Waals surface area (Å²) in [4.78, 5) is 23.5. The van der Waals surface area contributed by atoms with Crippen LogP contribution in [0.25, 0.3) is 0 Å². The largest absolute Gasteiger partial charge is 0.276 e. The first-order chi connectivity index (χ1) is 11.7. The van der Waals surface area contributed by atoms with Gasteiger partial charge in [-0.3, -0.25) is 16.1 Å². The van der Waals surface area contributed by atoms with E-state index >= 15 is 0 Å². The highest BCUT2D eigenvalue weighted by Gasteiger charge is 2.02. The normalized spacial score (nSPS) is 9.15. The van der Waals surface area contributed by atoms with Crippen molar-refractivity contribution < 1.29 is 9.59 Å². The molecule has 0 aliphatic heterocycles. The van der Waals surface area contributed by atoms with Gasteiger partial charge in [-0.05, 0) is 56.6 Å². The minimum atomic E-state index is -0.407. The van der Waals surface area contributed by atoms with Gasteiger partial charge < -0.3 is 0 Å². The molecule has 2 rings (SSSR count). The van der Waals surface area contributed by atoms with Gasteiger partial charge in [-0.2, -0.15) is 4.99 Å². The summed E-state index contributed by atoms with van der Waals surface area (Å²) in [5, 5.41) is 0.223. The fraction of sp³-hybridized carbons (Fsp3) is 0.222. The lowest BCUT2D eigenvalue weighted by Crippen LogP contribution is -2.41. The molecule has 0 fully saturated rings. The van der Waals surface area contributed by atoms with Crippen LogP contribution in [-0.2, 0) is 4.79 Å². The second kappa shape index (κ2) is 14.4. The molecule has 0 saturated carbocycles. The molecule has 26 heavy (non-hydrogen) atoms. The highest BCUT2D eigenvalue weighted by Crippen LogP contribution is 2.14. The highest BCUT2D eigenvalue weighted by molar-refractivity contribution is 6.67. The third kappa shape index (κ3) is 14.6. The summed E-state index contributed by atoms with van der Waals surface area (Å²) in [6, 6.07) is 15.4. The van der Waals surface area contributed by atoms with Crippen molar-refractivity contribution in [3.8, 4) is 0 Å². The Labute approximate surface area is 170 Å². The standard InChI is InChI=1S/C7H4ClNO.C7H5ClO.C4H12N2.ClH/c8-6-1-3-7(4-2-6)9-5-10;8-7(9)6-4-2-1-3-5-6;1-4(2,3)6-5;/h1-4H;1-5H;6H,5H2,1-3H3;1H. The molecule has 0 radical (unpaired) electrons. The summed E-state index contributed by atoms with van der Waals surface area (Å²) >= 11 is 10.7. The van der Waals surface area contributed by atoms with Crippen molar-refractivity contribution in [2.75, 3.05) is 0 Å². The Balaban J connectivity index is 0. The molecular formula is C18H22Cl3N3O2. The van der Waals surface area contributed by atoms with E-state index in [9.17, 15) is 9.59 Å². The molecule has 0 aliphatic carbocycles. The topological polar surface area (TPSA) is 84.5 Å². The SMILES string of the molecule is CC(C)(C)NN.Cl.O=C(Cl)c1ccccc1.O=C=Nc1ccc(Cl)cc1. The van der Waals surface area contributed by atoms with Gasteiger partial charge in [0.25, 0.3) is 5.24 Å². The fourth-order valence-electron chi connectivity index (χ4n) is 1.14. The van der Waals surface area contributed by atoms with E-state index in [-0.39, 0.29) is 17.9 Å². The number of hydrazine groups is 1. The lowest BCUT2D eigenvalue weighted by atomic mass is 10.1. The van der Waals surface area contributed by atoms with E-state index in [0.717, 1.165) is 0 Å². The Morgan fingerprint density at radius 2 is 1.54 bits per heavy atom. The van der Waals surface area contributed by atoms with Gasteiger partial charge >= 0.3 is 0 Å². The van der Waals surface area contributed by atoms with Crippen molar-refractivity contribution in [2.45, 2.75) is 26.3 Å². The Kier molecular flexibility index (Phi) is 14.7. The van der Waals surface area contributed by atoms with Crippen molar-refractivity contribution in [3.63, 3.8) is 0 Å². The number of isocyanates is 1. The third-order valence-electron chi connectivity index (χ3n) is 2.44. The Morgan fingerprint density at radius 3 is 1.85 bits per heavy atom. The minimum absolute atomic E-state index is 0. The van der Waals surface area contributed by atoms with Gasteiger partial charge in [0.15, 0.2) is 0 Å². The number of aliphatic imine (C=N–C) groups is 1.